The van der Waals surface area contributed by atoms with E-state index < -0.39 is 17.7 Å². The van der Waals surface area contributed by atoms with Crippen LogP contribution in [-0.4, -0.2) is 25.2 Å². The first-order valence-corrected chi connectivity index (χ1v) is 7.74. The average molecular weight is 310 g/mol. The second-order valence-electron chi connectivity index (χ2n) is 5.99. The molecule has 1 saturated heterocycles. The molecule has 1 aliphatic heterocycles. The van der Waals surface area contributed by atoms with E-state index in [0.717, 1.165) is 24.5 Å². The Balaban J connectivity index is 1.55. The summed E-state index contributed by atoms with van der Waals surface area (Å²) in [6.45, 7) is 1.15. The van der Waals surface area contributed by atoms with Crippen molar-refractivity contribution in [1.82, 2.24) is 10.6 Å². The van der Waals surface area contributed by atoms with Crippen LogP contribution in [0.5, 0.6) is 0 Å². The summed E-state index contributed by atoms with van der Waals surface area (Å²) >= 11 is 0. The van der Waals surface area contributed by atoms with Crippen LogP contribution in [0.15, 0.2) is 18.2 Å². The summed E-state index contributed by atoms with van der Waals surface area (Å²) in [5.41, 5.74) is 0.541. The molecule has 2 amide bonds. The van der Waals surface area contributed by atoms with Crippen molar-refractivity contribution in [2.75, 3.05) is 13.2 Å². The third-order valence-electron chi connectivity index (χ3n) is 4.22. The molecule has 4 nitrogen and oxygen atoms in total. The molecule has 0 radical (unpaired) electrons. The van der Waals surface area contributed by atoms with Crippen LogP contribution < -0.4 is 10.6 Å². The summed E-state index contributed by atoms with van der Waals surface area (Å²) in [7, 11) is 0. The normalized spacial score (nSPS) is 24.3. The fourth-order valence-corrected chi connectivity index (χ4v) is 2.77. The van der Waals surface area contributed by atoms with Crippen molar-refractivity contribution in [3.05, 3.63) is 35.4 Å². The summed E-state index contributed by atoms with van der Waals surface area (Å²) in [4.78, 5) is 11.9. The number of hydrogen-bond donors (Lipinski definition) is 2. The SMILES string of the molecule is O=C(NCCC1CC1)NC1CCOC1c1ccc(F)c(F)c1. The minimum atomic E-state index is -0.902. The van der Waals surface area contributed by atoms with E-state index in [1.54, 1.807) is 0 Å². The average Bonchev–Trinajstić information content (AvgIpc) is 3.20. The number of benzene rings is 1. The Bertz CT molecular complexity index is 549. The number of ether oxygens (including phenoxy) is 1. The maximum absolute atomic E-state index is 13.3. The molecular formula is C16H20F2N2O2. The van der Waals surface area contributed by atoms with Crippen LogP contribution in [0.1, 0.15) is 37.4 Å². The Hall–Kier alpha value is -1.69. The summed E-state index contributed by atoms with van der Waals surface area (Å²) in [6.07, 6.45) is 3.75. The molecule has 2 atom stereocenters. The van der Waals surface area contributed by atoms with Crippen molar-refractivity contribution in [1.29, 1.82) is 0 Å². The van der Waals surface area contributed by atoms with Gasteiger partial charge in [0, 0.05) is 13.2 Å². The van der Waals surface area contributed by atoms with Crippen LogP contribution in [0.25, 0.3) is 0 Å². The highest BCUT2D eigenvalue weighted by atomic mass is 19.2. The molecule has 22 heavy (non-hydrogen) atoms. The Kier molecular flexibility index (Phi) is 4.57. The zero-order valence-corrected chi connectivity index (χ0v) is 12.3. The molecule has 1 saturated carbocycles. The van der Waals surface area contributed by atoms with Gasteiger partial charge in [-0.2, -0.15) is 0 Å². The number of halogens is 2. The van der Waals surface area contributed by atoms with Crippen molar-refractivity contribution in [3.8, 4) is 0 Å². The zero-order valence-electron chi connectivity index (χ0n) is 12.3. The van der Waals surface area contributed by atoms with Gasteiger partial charge in [-0.25, -0.2) is 13.6 Å². The second-order valence-corrected chi connectivity index (χ2v) is 5.99. The van der Waals surface area contributed by atoms with E-state index >= 15 is 0 Å². The van der Waals surface area contributed by atoms with Crippen molar-refractivity contribution >= 4 is 6.03 Å². The number of carbonyl (C=O) groups excluding carboxylic acids is 1. The van der Waals surface area contributed by atoms with E-state index in [0.29, 0.717) is 25.1 Å². The number of rotatable bonds is 5. The van der Waals surface area contributed by atoms with Crippen LogP contribution in [0, 0.1) is 17.6 Å². The van der Waals surface area contributed by atoms with Crippen LogP contribution in [0.4, 0.5) is 13.6 Å². The lowest BCUT2D eigenvalue weighted by atomic mass is 10.0. The molecule has 0 bridgehead atoms. The molecule has 120 valence electrons. The standard InChI is InChI=1S/C16H20F2N2O2/c17-12-4-3-11(9-13(12)18)15-14(6-8-22-15)20-16(21)19-7-5-10-1-2-10/h3-4,9-10,14-15H,1-2,5-8H2,(H2,19,20,21). The molecule has 0 spiro atoms. The lowest BCUT2D eigenvalue weighted by Crippen LogP contribution is -2.43. The van der Waals surface area contributed by atoms with Crippen LogP contribution in [0.3, 0.4) is 0 Å². The summed E-state index contributed by atoms with van der Waals surface area (Å²) in [5.74, 6) is -1.02. The predicted octanol–water partition coefficient (Wildman–Crippen LogP) is 2.89. The number of nitrogens with one attached hydrogen (secondary N) is 2. The van der Waals surface area contributed by atoms with Gasteiger partial charge < -0.3 is 15.4 Å². The highest BCUT2D eigenvalue weighted by Gasteiger charge is 2.31. The maximum atomic E-state index is 13.3. The number of urea groups is 1. The van der Waals surface area contributed by atoms with Gasteiger partial charge in [0.1, 0.15) is 6.10 Å². The first-order chi connectivity index (χ1) is 10.6. The summed E-state index contributed by atoms with van der Waals surface area (Å²) < 4.78 is 31.9. The summed E-state index contributed by atoms with van der Waals surface area (Å²) in [6, 6.07) is 3.24. The van der Waals surface area contributed by atoms with Gasteiger partial charge in [-0.3, -0.25) is 0 Å². The molecule has 2 fully saturated rings. The molecule has 1 heterocycles. The number of amides is 2. The van der Waals surface area contributed by atoms with Gasteiger partial charge in [0.15, 0.2) is 11.6 Å². The van der Waals surface area contributed by atoms with Gasteiger partial charge in [-0.1, -0.05) is 18.9 Å². The van der Waals surface area contributed by atoms with Crippen molar-refractivity contribution in [2.24, 2.45) is 5.92 Å². The molecular weight excluding hydrogens is 290 g/mol. The van der Waals surface area contributed by atoms with Crippen molar-refractivity contribution in [3.63, 3.8) is 0 Å². The third-order valence-corrected chi connectivity index (χ3v) is 4.22. The monoisotopic (exact) mass is 310 g/mol. The van der Waals surface area contributed by atoms with E-state index in [1.807, 2.05) is 0 Å². The van der Waals surface area contributed by atoms with E-state index in [-0.39, 0.29) is 12.1 Å². The van der Waals surface area contributed by atoms with Crippen LogP contribution in [-0.2, 0) is 4.74 Å². The molecule has 2 aliphatic rings. The van der Waals surface area contributed by atoms with Gasteiger partial charge in [-0.05, 0) is 36.5 Å². The molecule has 6 heteroatoms. The van der Waals surface area contributed by atoms with Crippen LogP contribution in [0.2, 0.25) is 0 Å². The Morgan fingerprint density at radius 3 is 2.77 bits per heavy atom. The van der Waals surface area contributed by atoms with Crippen LogP contribution >= 0.6 is 0 Å². The Morgan fingerprint density at radius 2 is 2.05 bits per heavy atom. The molecule has 1 aromatic rings. The second kappa shape index (κ2) is 6.60. The van der Waals surface area contributed by atoms with E-state index in [4.69, 9.17) is 4.74 Å². The number of hydrogen-bond acceptors (Lipinski definition) is 2. The first-order valence-electron chi connectivity index (χ1n) is 7.74. The first kappa shape index (κ1) is 15.2. The van der Waals surface area contributed by atoms with Crippen molar-refractivity contribution in [2.45, 2.75) is 37.8 Å². The lowest BCUT2D eigenvalue weighted by Gasteiger charge is -2.20. The molecule has 3 rings (SSSR count). The van der Waals surface area contributed by atoms with Crippen molar-refractivity contribution < 1.29 is 18.3 Å². The molecule has 1 aromatic carbocycles. The predicted molar refractivity (Wildman–Crippen MR) is 77.3 cm³/mol. The fourth-order valence-electron chi connectivity index (χ4n) is 2.77. The maximum Gasteiger partial charge on any atom is 0.315 e. The van der Waals surface area contributed by atoms with Gasteiger partial charge in [0.05, 0.1) is 6.04 Å². The quantitative estimate of drug-likeness (QED) is 0.878. The fraction of sp³-hybridized carbons (Fsp3) is 0.562. The highest BCUT2D eigenvalue weighted by Crippen LogP contribution is 2.32. The third kappa shape index (κ3) is 3.74. The smallest absolute Gasteiger partial charge is 0.315 e. The molecule has 1 aliphatic carbocycles. The number of carbonyl (C=O) groups is 1. The molecule has 0 aromatic heterocycles. The minimum absolute atomic E-state index is 0.231. The Morgan fingerprint density at radius 1 is 1.23 bits per heavy atom. The summed E-state index contributed by atoms with van der Waals surface area (Å²) in [5, 5.41) is 5.70. The topological polar surface area (TPSA) is 50.4 Å². The van der Waals surface area contributed by atoms with Gasteiger partial charge in [0.2, 0.25) is 0 Å². The van der Waals surface area contributed by atoms with E-state index in [9.17, 15) is 13.6 Å². The highest BCUT2D eigenvalue weighted by molar-refractivity contribution is 5.74. The Labute approximate surface area is 128 Å². The van der Waals surface area contributed by atoms with Gasteiger partial charge in [-0.15, -0.1) is 0 Å². The molecule has 2 N–H and O–H groups in total. The largest absolute Gasteiger partial charge is 0.371 e. The van der Waals surface area contributed by atoms with E-state index in [2.05, 4.69) is 10.6 Å². The zero-order chi connectivity index (χ0) is 15.5. The van der Waals surface area contributed by atoms with Gasteiger partial charge >= 0.3 is 6.03 Å². The van der Waals surface area contributed by atoms with Gasteiger partial charge in [0.25, 0.3) is 0 Å². The molecule has 2 unspecified atom stereocenters. The minimum Gasteiger partial charge on any atom is -0.371 e. The lowest BCUT2D eigenvalue weighted by molar-refractivity contribution is 0.0995. The van der Waals surface area contributed by atoms with E-state index in [1.165, 1.54) is 18.9 Å².